The lowest BCUT2D eigenvalue weighted by Crippen LogP contribution is -2.28. The number of rotatable bonds is 15. The van der Waals surface area contributed by atoms with Gasteiger partial charge in [-0.3, -0.25) is 14.4 Å². The van der Waals surface area contributed by atoms with E-state index < -0.39 is 11.9 Å². The molecular formula is C16H29NO5. The Balaban J connectivity index is 3.15. The highest BCUT2D eigenvalue weighted by Gasteiger charge is 2.03. The normalized spacial score (nSPS) is 10.4. The van der Waals surface area contributed by atoms with E-state index in [1.807, 2.05) is 0 Å². The van der Waals surface area contributed by atoms with E-state index in [4.69, 9.17) is 10.2 Å². The van der Waals surface area contributed by atoms with Crippen LogP contribution in [0, 0.1) is 0 Å². The number of amides is 1. The van der Waals surface area contributed by atoms with Crippen molar-refractivity contribution in [3.63, 3.8) is 0 Å². The predicted octanol–water partition coefficient (Wildman–Crippen LogP) is 2.95. The molecule has 0 aliphatic carbocycles. The van der Waals surface area contributed by atoms with Crippen LogP contribution in [0.3, 0.4) is 0 Å². The number of carboxylic acids is 2. The molecule has 0 spiro atoms. The van der Waals surface area contributed by atoms with E-state index in [9.17, 15) is 14.4 Å². The molecule has 0 aliphatic heterocycles. The van der Waals surface area contributed by atoms with Crippen molar-refractivity contribution in [1.82, 2.24) is 5.32 Å². The summed E-state index contributed by atoms with van der Waals surface area (Å²) in [5.41, 5.74) is 0. The molecule has 0 aromatic heterocycles. The van der Waals surface area contributed by atoms with Crippen molar-refractivity contribution >= 4 is 17.8 Å². The maximum atomic E-state index is 11.2. The van der Waals surface area contributed by atoms with Crippen molar-refractivity contribution in [3.8, 4) is 0 Å². The maximum absolute atomic E-state index is 11.2. The van der Waals surface area contributed by atoms with Crippen LogP contribution in [0.25, 0.3) is 0 Å². The molecule has 0 radical (unpaired) electrons. The standard InChI is InChI=1S/C16H29NO5/c18-14(17-13-16(21)22)11-9-7-5-3-1-2-4-6-8-10-12-15(19)20/h1-13H2,(H,17,18)(H,19,20)(H,21,22). The van der Waals surface area contributed by atoms with E-state index in [2.05, 4.69) is 5.32 Å². The van der Waals surface area contributed by atoms with Gasteiger partial charge in [0.15, 0.2) is 0 Å². The Bertz CT molecular complexity index is 330. The molecular weight excluding hydrogens is 286 g/mol. The molecule has 0 saturated carbocycles. The van der Waals surface area contributed by atoms with Crippen LogP contribution in [0.5, 0.6) is 0 Å². The van der Waals surface area contributed by atoms with Crippen LogP contribution in [-0.4, -0.2) is 34.6 Å². The van der Waals surface area contributed by atoms with Crippen LogP contribution >= 0.6 is 0 Å². The number of unbranched alkanes of at least 4 members (excludes halogenated alkanes) is 9. The summed E-state index contributed by atoms with van der Waals surface area (Å²) in [6, 6.07) is 0. The van der Waals surface area contributed by atoms with Gasteiger partial charge in [-0.1, -0.05) is 51.4 Å². The van der Waals surface area contributed by atoms with E-state index >= 15 is 0 Å². The van der Waals surface area contributed by atoms with Crippen LogP contribution in [0.15, 0.2) is 0 Å². The molecule has 0 heterocycles. The second kappa shape index (κ2) is 14.4. The molecule has 0 aliphatic rings. The first-order valence-electron chi connectivity index (χ1n) is 8.22. The average Bonchev–Trinajstić information content (AvgIpc) is 2.45. The Morgan fingerprint density at radius 1 is 0.591 bits per heavy atom. The van der Waals surface area contributed by atoms with Crippen molar-refractivity contribution in [2.24, 2.45) is 0 Å². The molecule has 0 aromatic rings. The van der Waals surface area contributed by atoms with Gasteiger partial charge in [0.1, 0.15) is 6.54 Å². The highest BCUT2D eigenvalue weighted by atomic mass is 16.4. The first-order valence-corrected chi connectivity index (χ1v) is 8.22. The summed E-state index contributed by atoms with van der Waals surface area (Å²) >= 11 is 0. The van der Waals surface area contributed by atoms with Crippen molar-refractivity contribution in [3.05, 3.63) is 0 Å². The molecule has 6 heteroatoms. The Kier molecular flexibility index (Phi) is 13.3. The molecule has 22 heavy (non-hydrogen) atoms. The monoisotopic (exact) mass is 315 g/mol. The minimum atomic E-state index is -1.02. The molecule has 0 fully saturated rings. The van der Waals surface area contributed by atoms with Crippen molar-refractivity contribution in [1.29, 1.82) is 0 Å². The third-order valence-corrected chi connectivity index (χ3v) is 3.48. The van der Waals surface area contributed by atoms with Crippen LogP contribution < -0.4 is 5.32 Å². The van der Waals surface area contributed by atoms with Gasteiger partial charge in [-0.25, -0.2) is 0 Å². The van der Waals surface area contributed by atoms with Crippen LogP contribution in [0.4, 0.5) is 0 Å². The van der Waals surface area contributed by atoms with Gasteiger partial charge in [0.05, 0.1) is 0 Å². The lowest BCUT2D eigenvalue weighted by Gasteiger charge is -2.03. The van der Waals surface area contributed by atoms with Crippen molar-refractivity contribution < 1.29 is 24.6 Å². The van der Waals surface area contributed by atoms with Crippen LogP contribution in [-0.2, 0) is 14.4 Å². The second-order valence-electron chi connectivity index (χ2n) is 5.60. The molecule has 6 nitrogen and oxygen atoms in total. The summed E-state index contributed by atoms with van der Waals surface area (Å²) in [4.78, 5) is 31.8. The predicted molar refractivity (Wildman–Crippen MR) is 83.7 cm³/mol. The fourth-order valence-electron chi connectivity index (χ4n) is 2.24. The SMILES string of the molecule is O=C(O)CCCCCCCCCCCCC(=O)NCC(=O)O. The van der Waals surface area contributed by atoms with E-state index in [-0.39, 0.29) is 18.9 Å². The topological polar surface area (TPSA) is 104 Å². The van der Waals surface area contributed by atoms with E-state index in [1.54, 1.807) is 0 Å². The Labute approximate surface area is 132 Å². The van der Waals surface area contributed by atoms with Gasteiger partial charge in [0.25, 0.3) is 0 Å². The number of carboxylic acid groups (broad SMARTS) is 2. The fourth-order valence-corrected chi connectivity index (χ4v) is 2.24. The molecule has 0 aromatic carbocycles. The van der Waals surface area contributed by atoms with Gasteiger partial charge in [-0.2, -0.15) is 0 Å². The molecule has 128 valence electrons. The zero-order valence-corrected chi connectivity index (χ0v) is 13.3. The molecule has 0 unspecified atom stereocenters. The minimum absolute atomic E-state index is 0.191. The van der Waals surface area contributed by atoms with E-state index in [0.29, 0.717) is 6.42 Å². The van der Waals surface area contributed by atoms with Gasteiger partial charge in [-0.15, -0.1) is 0 Å². The average molecular weight is 315 g/mol. The first-order chi connectivity index (χ1) is 10.5. The highest BCUT2D eigenvalue weighted by Crippen LogP contribution is 2.11. The van der Waals surface area contributed by atoms with E-state index in [1.165, 1.54) is 12.8 Å². The molecule has 0 bridgehead atoms. The number of carbonyl (C=O) groups is 3. The number of aliphatic carboxylic acids is 2. The third kappa shape index (κ3) is 16.5. The van der Waals surface area contributed by atoms with Crippen molar-refractivity contribution in [2.45, 2.75) is 77.0 Å². The first kappa shape index (κ1) is 20.4. The Hall–Kier alpha value is -1.59. The molecule has 3 N–H and O–H groups in total. The van der Waals surface area contributed by atoms with Crippen molar-refractivity contribution in [2.75, 3.05) is 6.54 Å². The van der Waals surface area contributed by atoms with Gasteiger partial charge in [0.2, 0.25) is 5.91 Å². The largest absolute Gasteiger partial charge is 0.481 e. The maximum Gasteiger partial charge on any atom is 0.322 e. The van der Waals surface area contributed by atoms with E-state index in [0.717, 1.165) is 51.4 Å². The highest BCUT2D eigenvalue weighted by molar-refractivity contribution is 5.80. The van der Waals surface area contributed by atoms with Gasteiger partial charge < -0.3 is 15.5 Å². The summed E-state index contributed by atoms with van der Waals surface area (Å²) in [5.74, 6) is -1.92. The van der Waals surface area contributed by atoms with Crippen LogP contribution in [0.2, 0.25) is 0 Å². The quantitative estimate of drug-likeness (QED) is 0.403. The summed E-state index contributed by atoms with van der Waals surface area (Å²) in [7, 11) is 0. The summed E-state index contributed by atoms with van der Waals surface area (Å²) in [6.07, 6.45) is 11.2. The molecule has 0 rings (SSSR count). The number of carbonyl (C=O) groups excluding carboxylic acids is 1. The smallest absolute Gasteiger partial charge is 0.322 e. The summed E-state index contributed by atoms with van der Waals surface area (Å²) in [6.45, 7) is -0.300. The Morgan fingerprint density at radius 2 is 1.00 bits per heavy atom. The van der Waals surface area contributed by atoms with Gasteiger partial charge in [0, 0.05) is 12.8 Å². The fraction of sp³-hybridized carbons (Fsp3) is 0.812. The molecule has 0 saturated heterocycles. The minimum Gasteiger partial charge on any atom is -0.481 e. The van der Waals surface area contributed by atoms with Gasteiger partial charge >= 0.3 is 11.9 Å². The van der Waals surface area contributed by atoms with Gasteiger partial charge in [-0.05, 0) is 12.8 Å². The molecule has 0 atom stereocenters. The zero-order valence-electron chi connectivity index (χ0n) is 13.3. The van der Waals surface area contributed by atoms with Crippen LogP contribution in [0.1, 0.15) is 77.0 Å². The lowest BCUT2D eigenvalue weighted by atomic mass is 10.1. The lowest BCUT2D eigenvalue weighted by molar-refractivity contribution is -0.138. The third-order valence-electron chi connectivity index (χ3n) is 3.48. The number of nitrogens with one attached hydrogen (secondary N) is 1. The number of hydrogen-bond acceptors (Lipinski definition) is 3. The second-order valence-corrected chi connectivity index (χ2v) is 5.60. The summed E-state index contributed by atoms with van der Waals surface area (Å²) in [5, 5.41) is 19.2. The number of hydrogen-bond donors (Lipinski definition) is 3. The Morgan fingerprint density at radius 3 is 1.41 bits per heavy atom. The summed E-state index contributed by atoms with van der Waals surface area (Å²) < 4.78 is 0. The zero-order chi connectivity index (χ0) is 16.6. The molecule has 1 amide bonds.